The zero-order chi connectivity index (χ0) is 18.5. The maximum absolute atomic E-state index is 2.66. The largest absolute Gasteiger partial charge is 0.306 e. The van der Waals surface area contributed by atoms with Crippen molar-refractivity contribution in [3.63, 3.8) is 0 Å². The first-order valence-electron chi connectivity index (χ1n) is 11.0. The highest BCUT2D eigenvalue weighted by atomic mass is 15.3. The van der Waals surface area contributed by atoms with Gasteiger partial charge in [-0.05, 0) is 64.8 Å². The Morgan fingerprint density at radius 1 is 0.577 bits per heavy atom. The van der Waals surface area contributed by atoms with E-state index in [2.05, 4.69) is 52.6 Å². The van der Waals surface area contributed by atoms with Gasteiger partial charge in [0.1, 0.15) is 0 Å². The van der Waals surface area contributed by atoms with Crippen LogP contribution in [0.5, 0.6) is 0 Å². The number of hydrogen-bond acceptors (Lipinski definition) is 5. The molecule has 0 radical (unpaired) electrons. The summed E-state index contributed by atoms with van der Waals surface area (Å²) in [6.07, 6.45) is 2.84. The fourth-order valence-corrected chi connectivity index (χ4v) is 4.89. The predicted molar refractivity (Wildman–Crippen MR) is 111 cm³/mol. The molecule has 0 atom stereocenters. The second-order valence-electron chi connectivity index (χ2n) is 9.76. The molecule has 4 fully saturated rings. The monoisotopic (exact) mass is 365 g/mol. The normalized spacial score (nSPS) is 29.1. The lowest BCUT2D eigenvalue weighted by molar-refractivity contribution is 0.0679. The van der Waals surface area contributed by atoms with Crippen molar-refractivity contribution in [2.24, 2.45) is 17.8 Å². The molecule has 0 bridgehead atoms. The van der Waals surface area contributed by atoms with Gasteiger partial charge in [-0.3, -0.25) is 0 Å². The molecule has 0 aromatic rings. The molecule has 5 heteroatoms. The van der Waals surface area contributed by atoms with E-state index in [1.165, 1.54) is 91.4 Å². The Balaban J connectivity index is 0.000000151. The van der Waals surface area contributed by atoms with Crippen LogP contribution in [0, 0.1) is 17.8 Å². The van der Waals surface area contributed by atoms with E-state index < -0.39 is 0 Å². The van der Waals surface area contributed by atoms with Gasteiger partial charge in [0, 0.05) is 65.4 Å². The lowest BCUT2D eigenvalue weighted by Gasteiger charge is -2.41. The molecular formula is C21H43N5. The summed E-state index contributed by atoms with van der Waals surface area (Å²) < 4.78 is 0. The van der Waals surface area contributed by atoms with Crippen LogP contribution in [0.1, 0.15) is 19.8 Å². The second-order valence-corrected chi connectivity index (χ2v) is 9.76. The van der Waals surface area contributed by atoms with Crippen LogP contribution in [0.25, 0.3) is 0 Å². The summed E-state index contributed by atoms with van der Waals surface area (Å²) in [6.45, 7) is 18.1. The lowest BCUT2D eigenvalue weighted by atomic mass is 9.96. The Bertz CT molecular complexity index is 351. The van der Waals surface area contributed by atoms with Crippen molar-refractivity contribution >= 4 is 0 Å². The quantitative estimate of drug-likeness (QED) is 0.739. The summed E-state index contributed by atoms with van der Waals surface area (Å²) in [5.41, 5.74) is 0. The number of piperazine rings is 1. The molecule has 26 heavy (non-hydrogen) atoms. The molecule has 0 aromatic heterocycles. The van der Waals surface area contributed by atoms with Crippen LogP contribution in [0.15, 0.2) is 0 Å². The Morgan fingerprint density at radius 3 is 1.42 bits per heavy atom. The molecule has 0 saturated carbocycles. The lowest BCUT2D eigenvalue weighted by Crippen LogP contribution is -2.53. The molecule has 0 spiro atoms. The molecule has 152 valence electrons. The molecule has 4 aliphatic heterocycles. The number of nitrogens with zero attached hydrogens (tertiary/aromatic N) is 5. The van der Waals surface area contributed by atoms with Crippen molar-refractivity contribution < 1.29 is 0 Å². The van der Waals surface area contributed by atoms with E-state index in [9.17, 15) is 0 Å². The number of rotatable bonds is 4. The highest BCUT2D eigenvalue weighted by molar-refractivity contribution is 4.82. The highest BCUT2D eigenvalue weighted by Crippen LogP contribution is 2.20. The number of hydrogen-bond donors (Lipinski definition) is 0. The highest BCUT2D eigenvalue weighted by Gasteiger charge is 2.27. The van der Waals surface area contributed by atoms with Crippen LogP contribution < -0.4 is 0 Å². The van der Waals surface area contributed by atoms with Crippen LogP contribution in [-0.4, -0.2) is 124 Å². The van der Waals surface area contributed by atoms with Gasteiger partial charge in [-0.2, -0.15) is 0 Å². The standard InChI is InChI=1S/C11H22N2.C10H21N3/c1-10-3-5-13(6-4-10)9-11-7-12(2)8-11;1-11-3-5-13(6-4-11)9-10-7-12(2)8-10/h10-11H,3-9H2,1-2H3;10H,3-9H2,1-2H3. The minimum Gasteiger partial charge on any atom is -0.306 e. The minimum absolute atomic E-state index is 0.952. The van der Waals surface area contributed by atoms with Crippen LogP contribution in [-0.2, 0) is 0 Å². The third-order valence-electron chi connectivity index (χ3n) is 6.78. The topological polar surface area (TPSA) is 16.2 Å². The van der Waals surface area contributed by atoms with E-state index in [-0.39, 0.29) is 0 Å². The van der Waals surface area contributed by atoms with Gasteiger partial charge < -0.3 is 24.5 Å². The average Bonchev–Trinajstić information content (AvgIpc) is 2.57. The summed E-state index contributed by atoms with van der Waals surface area (Å²) in [7, 11) is 6.64. The van der Waals surface area contributed by atoms with E-state index in [4.69, 9.17) is 0 Å². The molecule has 0 aliphatic carbocycles. The SMILES string of the molecule is CC1CCN(CC2CN(C)C2)CC1.CN1CCN(CC2CN(C)C2)CC1. The third kappa shape index (κ3) is 6.45. The van der Waals surface area contributed by atoms with Gasteiger partial charge in [-0.25, -0.2) is 0 Å². The van der Waals surface area contributed by atoms with Crippen molar-refractivity contribution in [2.45, 2.75) is 19.8 Å². The van der Waals surface area contributed by atoms with E-state index in [0.29, 0.717) is 0 Å². The summed E-state index contributed by atoms with van der Waals surface area (Å²) in [4.78, 5) is 12.5. The Morgan fingerprint density at radius 2 is 1.00 bits per heavy atom. The van der Waals surface area contributed by atoms with Crippen LogP contribution in [0.3, 0.4) is 0 Å². The van der Waals surface area contributed by atoms with Crippen molar-refractivity contribution in [1.29, 1.82) is 0 Å². The zero-order valence-electron chi connectivity index (χ0n) is 17.9. The molecule has 4 saturated heterocycles. The minimum atomic E-state index is 0.952. The molecule has 4 aliphatic rings. The van der Waals surface area contributed by atoms with E-state index in [1.807, 2.05) is 0 Å². The van der Waals surface area contributed by atoms with Crippen LogP contribution in [0.4, 0.5) is 0 Å². The maximum atomic E-state index is 2.66. The van der Waals surface area contributed by atoms with Gasteiger partial charge in [0.25, 0.3) is 0 Å². The number of piperidine rings is 1. The molecule has 0 N–H and O–H groups in total. The summed E-state index contributed by atoms with van der Waals surface area (Å²) in [5.74, 6) is 2.90. The maximum Gasteiger partial charge on any atom is 0.0110 e. The first-order valence-corrected chi connectivity index (χ1v) is 11.0. The number of likely N-dealkylation sites (N-methyl/N-ethyl adjacent to an activating group) is 1. The molecule has 4 rings (SSSR count). The molecule has 0 aromatic carbocycles. The molecule has 5 nitrogen and oxygen atoms in total. The molecule has 0 unspecified atom stereocenters. The zero-order valence-corrected chi connectivity index (χ0v) is 17.9. The fourth-order valence-electron chi connectivity index (χ4n) is 4.89. The molecular weight excluding hydrogens is 322 g/mol. The fraction of sp³-hybridized carbons (Fsp3) is 1.00. The molecule has 4 heterocycles. The second kappa shape index (κ2) is 9.83. The van der Waals surface area contributed by atoms with Gasteiger partial charge in [0.15, 0.2) is 0 Å². The van der Waals surface area contributed by atoms with Crippen molar-refractivity contribution in [2.75, 3.05) is 99.7 Å². The first kappa shape index (κ1) is 20.5. The van der Waals surface area contributed by atoms with Crippen LogP contribution >= 0.6 is 0 Å². The van der Waals surface area contributed by atoms with E-state index >= 15 is 0 Å². The van der Waals surface area contributed by atoms with Gasteiger partial charge in [0.05, 0.1) is 0 Å². The molecule has 0 amide bonds. The third-order valence-corrected chi connectivity index (χ3v) is 6.78. The Kier molecular flexibility index (Phi) is 7.76. The van der Waals surface area contributed by atoms with E-state index in [1.54, 1.807) is 0 Å². The van der Waals surface area contributed by atoms with Gasteiger partial charge >= 0.3 is 0 Å². The Labute approximate surface area is 162 Å². The van der Waals surface area contributed by atoms with Gasteiger partial charge in [-0.15, -0.1) is 0 Å². The van der Waals surface area contributed by atoms with Crippen molar-refractivity contribution in [3.8, 4) is 0 Å². The Hall–Kier alpha value is -0.200. The van der Waals surface area contributed by atoms with Gasteiger partial charge in [0.2, 0.25) is 0 Å². The number of likely N-dealkylation sites (tertiary alicyclic amines) is 3. The van der Waals surface area contributed by atoms with Crippen molar-refractivity contribution in [1.82, 2.24) is 24.5 Å². The summed E-state index contributed by atoms with van der Waals surface area (Å²) in [6, 6.07) is 0. The smallest absolute Gasteiger partial charge is 0.0110 e. The average molecular weight is 366 g/mol. The summed E-state index contributed by atoms with van der Waals surface area (Å²) in [5, 5.41) is 0. The summed E-state index contributed by atoms with van der Waals surface area (Å²) >= 11 is 0. The van der Waals surface area contributed by atoms with Crippen LogP contribution in [0.2, 0.25) is 0 Å². The van der Waals surface area contributed by atoms with E-state index in [0.717, 1.165) is 17.8 Å². The predicted octanol–water partition coefficient (Wildman–Crippen LogP) is 1.08. The first-order chi connectivity index (χ1) is 12.5. The van der Waals surface area contributed by atoms with Crippen molar-refractivity contribution in [3.05, 3.63) is 0 Å². The van der Waals surface area contributed by atoms with Gasteiger partial charge in [-0.1, -0.05) is 6.92 Å².